The lowest BCUT2D eigenvalue weighted by Gasteiger charge is -2.38. The second-order valence-electron chi connectivity index (χ2n) is 15.3. The van der Waals surface area contributed by atoms with Crippen LogP contribution in [0.2, 0.25) is 0 Å². The molecule has 1 heterocycles. The van der Waals surface area contributed by atoms with Crippen molar-refractivity contribution in [3.63, 3.8) is 0 Å². The summed E-state index contributed by atoms with van der Waals surface area (Å²) in [4.78, 5) is 82.6. The van der Waals surface area contributed by atoms with E-state index in [9.17, 15) is 28.8 Å². The number of fused-ring (bicyclic) bond motifs is 1. The van der Waals surface area contributed by atoms with Crippen LogP contribution in [0, 0.1) is 12.8 Å². The second-order valence-corrected chi connectivity index (χ2v) is 15.9. The van der Waals surface area contributed by atoms with Crippen LogP contribution in [0.5, 0.6) is 0 Å². The van der Waals surface area contributed by atoms with Crippen molar-refractivity contribution in [2.45, 2.75) is 102 Å². The van der Waals surface area contributed by atoms with Crippen LogP contribution < -0.4 is 27.0 Å². The lowest BCUT2D eigenvalue weighted by Crippen LogP contribution is -2.59. The van der Waals surface area contributed by atoms with E-state index in [1.807, 2.05) is 85.8 Å². The Morgan fingerprint density at radius 2 is 1.55 bits per heavy atom. The molecule has 1 fully saturated rings. The highest BCUT2D eigenvalue weighted by atomic mass is 35.5. The van der Waals surface area contributed by atoms with Crippen molar-refractivity contribution in [1.29, 1.82) is 0 Å². The van der Waals surface area contributed by atoms with Crippen molar-refractivity contribution in [2.24, 2.45) is 11.7 Å². The highest BCUT2D eigenvalue weighted by Gasteiger charge is 2.38. The van der Waals surface area contributed by atoms with Gasteiger partial charge in [0.15, 0.2) is 5.78 Å². The van der Waals surface area contributed by atoms with Gasteiger partial charge in [0.25, 0.3) is 0 Å². The lowest BCUT2D eigenvalue weighted by molar-refractivity contribution is -0.145. The first-order valence-electron chi connectivity index (χ1n) is 20.2. The van der Waals surface area contributed by atoms with E-state index in [0.29, 0.717) is 38.6 Å². The number of amides is 6. The molecular weight excluding hydrogens is 756 g/mol. The molecule has 1 saturated heterocycles. The van der Waals surface area contributed by atoms with Gasteiger partial charge in [0, 0.05) is 44.8 Å². The number of urea groups is 1. The molecule has 6 N–H and O–H groups in total. The number of alkyl halides is 1. The molecule has 0 saturated carbocycles. The van der Waals surface area contributed by atoms with Gasteiger partial charge >= 0.3 is 6.03 Å². The summed E-state index contributed by atoms with van der Waals surface area (Å²) < 4.78 is 0. The van der Waals surface area contributed by atoms with Crippen LogP contribution in [0.25, 0.3) is 5.57 Å². The summed E-state index contributed by atoms with van der Waals surface area (Å²) in [6.45, 7) is 4.32. The Labute approximate surface area is 345 Å². The zero-order valence-corrected chi connectivity index (χ0v) is 34.1. The molecule has 308 valence electrons. The molecule has 5 rings (SSSR count). The standard InChI is InChI=1S/C45H55ClN6O6/c1-29-17-19-32(20-18-29)28-49-42(55)35(14-10-23-48-45(47)58)27-40(53)37(26-34-22-21-33-13-6-7-15-36(33)34)50-43(56)39-16-8-9-24-52(39)44(57)38(51-41(54)30(2)46)25-31-11-4-3-5-12-31/h3-7,11-13,15,17-20,22,30,35,37-39H,8-10,14,16,21,23-28H2,1-2H3,(H,49,55)(H,50,56)(H,51,54)(H3,47,48,58)/t30?,35-,37+,38+,39+/m1/s1. The van der Waals surface area contributed by atoms with Gasteiger partial charge in [-0.2, -0.15) is 0 Å². The molecule has 0 spiro atoms. The summed E-state index contributed by atoms with van der Waals surface area (Å²) >= 11 is 6.10. The van der Waals surface area contributed by atoms with Gasteiger partial charge in [-0.25, -0.2) is 4.79 Å². The molecule has 2 aliphatic rings. The van der Waals surface area contributed by atoms with Crippen molar-refractivity contribution in [1.82, 2.24) is 26.2 Å². The first-order chi connectivity index (χ1) is 27.9. The van der Waals surface area contributed by atoms with Gasteiger partial charge in [-0.15, -0.1) is 11.6 Å². The number of hydrogen-bond acceptors (Lipinski definition) is 6. The van der Waals surface area contributed by atoms with E-state index in [2.05, 4.69) is 27.3 Å². The molecular formula is C45H55ClN6O6. The Balaban J connectivity index is 1.37. The van der Waals surface area contributed by atoms with E-state index in [-0.39, 0.29) is 50.5 Å². The Morgan fingerprint density at radius 3 is 2.28 bits per heavy atom. The van der Waals surface area contributed by atoms with E-state index in [1.54, 1.807) is 0 Å². The molecule has 5 atom stereocenters. The smallest absolute Gasteiger partial charge is 0.312 e. The number of rotatable bonds is 19. The first kappa shape index (κ1) is 43.6. The molecule has 0 aromatic heterocycles. The largest absolute Gasteiger partial charge is 0.352 e. The number of benzene rings is 3. The summed E-state index contributed by atoms with van der Waals surface area (Å²) in [5.74, 6) is -2.76. The molecule has 1 aliphatic heterocycles. The Bertz CT molecular complexity index is 1950. The number of likely N-dealkylation sites (tertiary alicyclic amines) is 1. The minimum atomic E-state index is -1.00. The van der Waals surface area contributed by atoms with Gasteiger partial charge in [0.2, 0.25) is 23.6 Å². The van der Waals surface area contributed by atoms with Crippen molar-refractivity contribution < 1.29 is 28.8 Å². The number of carbonyl (C=O) groups excluding carboxylic acids is 6. The minimum Gasteiger partial charge on any atom is -0.352 e. The molecule has 58 heavy (non-hydrogen) atoms. The Kier molecular flexibility index (Phi) is 16.0. The zero-order valence-electron chi connectivity index (χ0n) is 33.3. The molecule has 0 radical (unpaired) electrons. The topological polar surface area (TPSA) is 180 Å². The Morgan fingerprint density at radius 1 is 0.828 bits per heavy atom. The number of primary amides is 1. The number of allylic oxidation sites excluding steroid dienone is 1. The van der Waals surface area contributed by atoms with E-state index < -0.39 is 53.2 Å². The molecule has 0 bridgehead atoms. The lowest BCUT2D eigenvalue weighted by atomic mass is 9.89. The summed E-state index contributed by atoms with van der Waals surface area (Å²) in [6.07, 6.45) is 5.42. The zero-order chi connectivity index (χ0) is 41.6. The van der Waals surface area contributed by atoms with E-state index in [1.165, 1.54) is 11.8 Å². The number of carbonyl (C=O) groups is 6. The number of hydrogen-bond donors (Lipinski definition) is 5. The fourth-order valence-corrected chi connectivity index (χ4v) is 7.66. The van der Waals surface area contributed by atoms with Gasteiger partial charge in [-0.3, -0.25) is 24.0 Å². The maximum absolute atomic E-state index is 14.5. The van der Waals surface area contributed by atoms with Crippen LogP contribution in [-0.2, 0) is 43.4 Å². The molecule has 13 heteroatoms. The second kappa shape index (κ2) is 21.3. The van der Waals surface area contributed by atoms with Crippen LogP contribution >= 0.6 is 11.6 Å². The number of halogens is 1. The highest BCUT2D eigenvalue weighted by molar-refractivity contribution is 6.30. The fourth-order valence-electron chi connectivity index (χ4n) is 7.60. The highest BCUT2D eigenvalue weighted by Crippen LogP contribution is 2.31. The average Bonchev–Trinajstić information content (AvgIpc) is 3.63. The van der Waals surface area contributed by atoms with Gasteiger partial charge in [0.05, 0.1) is 6.04 Å². The SMILES string of the molecule is Cc1ccc(CNC(=O)[C@H](CCCNC(N)=O)CC(=O)[C@H](CC2=CCc3ccccc32)NC(=O)[C@@H]2CCCCN2C(=O)[C@H](Cc2ccccc2)NC(=O)C(C)Cl)cc1. The number of aryl methyl sites for hydroxylation is 1. The van der Waals surface area contributed by atoms with Crippen molar-refractivity contribution in [3.8, 4) is 0 Å². The van der Waals surface area contributed by atoms with Crippen LogP contribution in [0.1, 0.15) is 79.7 Å². The third-order valence-electron chi connectivity index (χ3n) is 10.8. The number of nitrogens with one attached hydrogen (secondary N) is 4. The van der Waals surface area contributed by atoms with Gasteiger partial charge in [-0.1, -0.05) is 90.5 Å². The quantitative estimate of drug-likeness (QED) is 0.0851. The molecule has 3 aromatic carbocycles. The van der Waals surface area contributed by atoms with Gasteiger partial charge < -0.3 is 31.9 Å². The normalized spacial score (nSPS) is 16.8. The third kappa shape index (κ3) is 12.5. The van der Waals surface area contributed by atoms with Crippen LogP contribution in [0.4, 0.5) is 4.79 Å². The van der Waals surface area contributed by atoms with Crippen LogP contribution in [0.3, 0.4) is 0 Å². The van der Waals surface area contributed by atoms with Crippen molar-refractivity contribution in [3.05, 3.63) is 113 Å². The number of Topliss-reactive ketones (excluding diaryl/α,β-unsaturated/α-hetero) is 1. The summed E-state index contributed by atoms with van der Waals surface area (Å²) in [6, 6.07) is 21.5. The molecule has 6 amide bonds. The van der Waals surface area contributed by atoms with Crippen LogP contribution in [-0.4, -0.2) is 76.9 Å². The number of piperidine rings is 1. The minimum absolute atomic E-state index is 0.161. The van der Waals surface area contributed by atoms with Crippen molar-refractivity contribution >= 4 is 52.6 Å². The predicted octanol–water partition coefficient (Wildman–Crippen LogP) is 4.89. The van der Waals surface area contributed by atoms with Gasteiger partial charge in [0.1, 0.15) is 17.5 Å². The average molecular weight is 811 g/mol. The molecule has 1 aliphatic carbocycles. The van der Waals surface area contributed by atoms with Crippen molar-refractivity contribution in [2.75, 3.05) is 13.1 Å². The summed E-state index contributed by atoms with van der Waals surface area (Å²) in [5, 5.41) is 10.5. The number of nitrogens with zero attached hydrogens (tertiary/aromatic N) is 1. The summed E-state index contributed by atoms with van der Waals surface area (Å²) in [5.41, 5.74) is 11.1. The first-order valence-corrected chi connectivity index (χ1v) is 20.6. The maximum atomic E-state index is 14.5. The monoisotopic (exact) mass is 810 g/mol. The third-order valence-corrected chi connectivity index (χ3v) is 11.0. The fraction of sp³-hybridized carbons (Fsp3) is 0.422. The molecule has 3 aromatic rings. The number of ketones is 1. The van der Waals surface area contributed by atoms with E-state index in [0.717, 1.165) is 33.4 Å². The predicted molar refractivity (Wildman–Crippen MR) is 224 cm³/mol. The Hall–Kier alpha value is -5.49. The summed E-state index contributed by atoms with van der Waals surface area (Å²) in [7, 11) is 0. The maximum Gasteiger partial charge on any atom is 0.312 e. The van der Waals surface area contributed by atoms with Gasteiger partial charge in [-0.05, 0) is 80.2 Å². The molecule has 1 unspecified atom stereocenters. The van der Waals surface area contributed by atoms with E-state index in [4.69, 9.17) is 17.3 Å². The van der Waals surface area contributed by atoms with Crippen LogP contribution in [0.15, 0.2) is 84.9 Å². The number of nitrogens with two attached hydrogens (primary N) is 1. The van der Waals surface area contributed by atoms with E-state index >= 15 is 0 Å². The molecule has 12 nitrogen and oxygen atoms in total.